The van der Waals surface area contributed by atoms with Crippen LogP contribution in [0.4, 0.5) is 5.95 Å². The molecule has 2 rings (SSSR count). The largest absolute Gasteiger partial charge is 0.356 e. The van der Waals surface area contributed by atoms with E-state index in [2.05, 4.69) is 40.3 Å². The van der Waals surface area contributed by atoms with Gasteiger partial charge in [-0.2, -0.15) is 5.26 Å². The number of nitrogens with zero attached hydrogens (tertiary/aromatic N) is 3. The van der Waals surface area contributed by atoms with E-state index >= 15 is 0 Å². The summed E-state index contributed by atoms with van der Waals surface area (Å²) in [4.78, 5) is 9.74. The van der Waals surface area contributed by atoms with E-state index in [4.69, 9.17) is 5.26 Å². The summed E-state index contributed by atoms with van der Waals surface area (Å²) in [5.74, 6) is 0.763. The number of H-pyrrole nitrogens is 1. The van der Waals surface area contributed by atoms with Crippen LogP contribution >= 0.6 is 0 Å². The lowest BCUT2D eigenvalue weighted by atomic mass is 10.2. The number of hydrogen-bond donors (Lipinski definition) is 2. The summed E-state index contributed by atoms with van der Waals surface area (Å²) in [5.41, 5.74) is 2.42. The van der Waals surface area contributed by atoms with Crippen LogP contribution < -0.4 is 5.32 Å². The molecule has 0 unspecified atom stereocenters. The first kappa shape index (κ1) is 12.4. The second-order valence-electron chi connectivity index (χ2n) is 4.51. The summed E-state index contributed by atoms with van der Waals surface area (Å²) in [6.45, 7) is 1.93. The lowest BCUT2D eigenvalue weighted by molar-refractivity contribution is 0.405. The molecule has 2 N–H and O–H groups in total. The molecule has 0 bridgehead atoms. The van der Waals surface area contributed by atoms with E-state index in [9.17, 15) is 0 Å². The van der Waals surface area contributed by atoms with Crippen molar-refractivity contribution in [2.75, 3.05) is 32.5 Å². The summed E-state index contributed by atoms with van der Waals surface area (Å²) in [7, 11) is 4.12. The molecule has 1 heterocycles. The summed E-state index contributed by atoms with van der Waals surface area (Å²) >= 11 is 0. The van der Waals surface area contributed by atoms with Gasteiger partial charge >= 0.3 is 0 Å². The van der Waals surface area contributed by atoms with E-state index in [1.54, 1.807) is 6.07 Å². The van der Waals surface area contributed by atoms with Crippen molar-refractivity contribution in [3.8, 4) is 6.07 Å². The molecule has 0 aliphatic rings. The first-order valence-corrected chi connectivity index (χ1v) is 5.97. The van der Waals surface area contributed by atoms with Crippen molar-refractivity contribution in [2.24, 2.45) is 0 Å². The van der Waals surface area contributed by atoms with Gasteiger partial charge in [0.15, 0.2) is 0 Å². The minimum Gasteiger partial charge on any atom is -0.356 e. The predicted molar refractivity (Wildman–Crippen MR) is 72.5 cm³/mol. The van der Waals surface area contributed by atoms with E-state index in [-0.39, 0.29) is 0 Å². The van der Waals surface area contributed by atoms with E-state index in [1.807, 2.05) is 12.1 Å². The second kappa shape index (κ2) is 5.52. The Balaban J connectivity index is 2.00. The number of rotatable bonds is 5. The molecular formula is C13H17N5. The zero-order valence-electron chi connectivity index (χ0n) is 10.7. The monoisotopic (exact) mass is 243 g/mol. The average molecular weight is 243 g/mol. The van der Waals surface area contributed by atoms with Gasteiger partial charge in [-0.1, -0.05) is 0 Å². The lowest BCUT2D eigenvalue weighted by Gasteiger charge is -2.08. The molecule has 1 aromatic heterocycles. The van der Waals surface area contributed by atoms with Crippen LogP contribution in [0, 0.1) is 11.3 Å². The minimum absolute atomic E-state index is 0.644. The highest BCUT2D eigenvalue weighted by molar-refractivity contribution is 5.78. The number of aromatic nitrogens is 2. The van der Waals surface area contributed by atoms with Crippen molar-refractivity contribution in [1.29, 1.82) is 5.26 Å². The fourth-order valence-corrected chi connectivity index (χ4v) is 1.76. The fraction of sp³-hybridized carbons (Fsp3) is 0.385. The minimum atomic E-state index is 0.644. The van der Waals surface area contributed by atoms with Gasteiger partial charge < -0.3 is 15.2 Å². The van der Waals surface area contributed by atoms with Gasteiger partial charge in [0.2, 0.25) is 5.95 Å². The van der Waals surface area contributed by atoms with Crippen molar-refractivity contribution >= 4 is 17.0 Å². The third kappa shape index (κ3) is 2.99. The molecule has 0 saturated carbocycles. The third-order valence-corrected chi connectivity index (χ3v) is 2.69. The van der Waals surface area contributed by atoms with Gasteiger partial charge in [0.05, 0.1) is 22.7 Å². The molecule has 0 radical (unpaired) electrons. The number of nitrogens with one attached hydrogen (secondary N) is 2. The fourth-order valence-electron chi connectivity index (χ4n) is 1.76. The maximum atomic E-state index is 8.82. The van der Waals surface area contributed by atoms with Crippen molar-refractivity contribution < 1.29 is 0 Å². The Morgan fingerprint density at radius 3 is 3.00 bits per heavy atom. The lowest BCUT2D eigenvalue weighted by Crippen LogP contribution is -2.16. The maximum absolute atomic E-state index is 8.82. The zero-order chi connectivity index (χ0) is 13.0. The first-order valence-electron chi connectivity index (χ1n) is 5.97. The van der Waals surface area contributed by atoms with E-state index in [0.717, 1.165) is 36.5 Å². The molecule has 0 amide bonds. The van der Waals surface area contributed by atoms with Gasteiger partial charge in [-0.05, 0) is 45.3 Å². The van der Waals surface area contributed by atoms with Gasteiger partial charge in [-0.15, -0.1) is 0 Å². The Hall–Kier alpha value is -2.06. The van der Waals surface area contributed by atoms with Crippen molar-refractivity contribution in [2.45, 2.75) is 6.42 Å². The van der Waals surface area contributed by atoms with Crippen LogP contribution in [-0.2, 0) is 0 Å². The van der Waals surface area contributed by atoms with E-state index < -0.39 is 0 Å². The van der Waals surface area contributed by atoms with Crippen LogP contribution in [-0.4, -0.2) is 42.1 Å². The van der Waals surface area contributed by atoms with Gasteiger partial charge in [0.1, 0.15) is 0 Å². The molecule has 5 nitrogen and oxygen atoms in total. The quantitative estimate of drug-likeness (QED) is 0.786. The molecule has 2 aromatic rings. The number of fused-ring (bicyclic) bond motifs is 1. The highest BCUT2D eigenvalue weighted by Crippen LogP contribution is 2.15. The highest BCUT2D eigenvalue weighted by Gasteiger charge is 2.02. The number of aromatic amines is 1. The topological polar surface area (TPSA) is 67.7 Å². The molecule has 5 heteroatoms. The van der Waals surface area contributed by atoms with Gasteiger partial charge in [-0.3, -0.25) is 0 Å². The summed E-state index contributed by atoms with van der Waals surface area (Å²) < 4.78 is 0. The smallest absolute Gasteiger partial charge is 0.201 e. The van der Waals surface area contributed by atoms with Gasteiger partial charge in [0, 0.05) is 6.54 Å². The molecule has 0 atom stereocenters. The summed E-state index contributed by atoms with van der Waals surface area (Å²) in [6, 6.07) is 7.57. The molecule has 1 aromatic carbocycles. The molecule has 0 saturated heterocycles. The summed E-state index contributed by atoms with van der Waals surface area (Å²) in [5, 5.41) is 12.1. The predicted octanol–water partition coefficient (Wildman–Crippen LogP) is 1.80. The Bertz CT molecular complexity index is 564. The summed E-state index contributed by atoms with van der Waals surface area (Å²) in [6.07, 6.45) is 1.06. The second-order valence-corrected chi connectivity index (χ2v) is 4.51. The molecule has 0 spiro atoms. The number of imidazole rings is 1. The molecule has 18 heavy (non-hydrogen) atoms. The highest BCUT2D eigenvalue weighted by atomic mass is 15.1. The van der Waals surface area contributed by atoms with Crippen molar-refractivity contribution in [3.05, 3.63) is 23.8 Å². The van der Waals surface area contributed by atoms with Crippen LogP contribution in [0.15, 0.2) is 18.2 Å². The number of benzene rings is 1. The Morgan fingerprint density at radius 2 is 2.28 bits per heavy atom. The standard InChI is InChI=1S/C13H17N5/c1-18(2)7-3-6-15-13-16-11-5-4-10(9-14)8-12(11)17-13/h4-5,8H,3,6-7H2,1-2H3,(H2,15,16,17). The Kier molecular flexibility index (Phi) is 3.80. The van der Waals surface area contributed by atoms with Crippen LogP contribution in [0.1, 0.15) is 12.0 Å². The third-order valence-electron chi connectivity index (χ3n) is 2.69. The Morgan fingerprint density at radius 1 is 1.44 bits per heavy atom. The average Bonchev–Trinajstić information content (AvgIpc) is 2.75. The number of hydrogen-bond acceptors (Lipinski definition) is 4. The molecule has 94 valence electrons. The van der Waals surface area contributed by atoms with Gasteiger partial charge in [0.25, 0.3) is 0 Å². The maximum Gasteiger partial charge on any atom is 0.201 e. The number of anilines is 1. The van der Waals surface area contributed by atoms with Crippen molar-refractivity contribution in [3.63, 3.8) is 0 Å². The SMILES string of the molecule is CN(C)CCCNc1nc2ccc(C#N)cc2[nH]1. The zero-order valence-corrected chi connectivity index (χ0v) is 10.7. The first-order chi connectivity index (χ1) is 8.69. The van der Waals surface area contributed by atoms with Gasteiger partial charge in [-0.25, -0.2) is 4.98 Å². The van der Waals surface area contributed by atoms with E-state index in [1.165, 1.54) is 0 Å². The van der Waals surface area contributed by atoms with Crippen LogP contribution in [0.25, 0.3) is 11.0 Å². The van der Waals surface area contributed by atoms with Crippen molar-refractivity contribution in [1.82, 2.24) is 14.9 Å². The molecule has 0 fully saturated rings. The molecule has 0 aliphatic carbocycles. The Labute approximate surface area is 106 Å². The van der Waals surface area contributed by atoms with E-state index in [0.29, 0.717) is 5.56 Å². The van der Waals surface area contributed by atoms with Crippen LogP contribution in [0.5, 0.6) is 0 Å². The van der Waals surface area contributed by atoms with Crippen LogP contribution in [0.2, 0.25) is 0 Å². The molecule has 0 aliphatic heterocycles. The van der Waals surface area contributed by atoms with Crippen LogP contribution in [0.3, 0.4) is 0 Å². The normalized spacial score (nSPS) is 10.8. The number of nitriles is 1. The molecular weight excluding hydrogens is 226 g/mol.